The molecule has 1 aliphatic rings. The van der Waals surface area contributed by atoms with Crippen LogP contribution in [0.4, 0.5) is 19.0 Å². The van der Waals surface area contributed by atoms with Crippen LogP contribution < -0.4 is 10.2 Å². The van der Waals surface area contributed by atoms with E-state index >= 15 is 0 Å². The number of hydrogen-bond donors (Lipinski definition) is 1. The highest BCUT2D eigenvalue weighted by molar-refractivity contribution is 5.64. The van der Waals surface area contributed by atoms with Crippen molar-refractivity contribution >= 4 is 12.1 Å². The Morgan fingerprint density at radius 3 is 2.41 bits per heavy atom. The van der Waals surface area contributed by atoms with Gasteiger partial charge in [0.2, 0.25) is 0 Å². The molecule has 2 aromatic rings. The highest BCUT2D eigenvalue weighted by atomic mass is 19.4. The van der Waals surface area contributed by atoms with Gasteiger partial charge >= 0.3 is 6.18 Å². The molecule has 1 atom stereocenters. The molecule has 1 N–H and O–H groups in total. The molecule has 5 nitrogen and oxygen atoms in total. The summed E-state index contributed by atoms with van der Waals surface area (Å²) in [4.78, 5) is 19.4. The maximum absolute atomic E-state index is 12.7. The zero-order valence-electron chi connectivity index (χ0n) is 14.9. The number of aldehydes is 1. The smallest absolute Gasteiger partial charge is 0.352 e. The lowest BCUT2D eigenvalue weighted by Gasteiger charge is -2.40. The first-order valence-electron chi connectivity index (χ1n) is 8.66. The molecule has 0 radical (unpaired) electrons. The van der Waals surface area contributed by atoms with E-state index in [-0.39, 0.29) is 6.17 Å². The van der Waals surface area contributed by atoms with Crippen molar-refractivity contribution in [3.05, 3.63) is 48.2 Å². The molecule has 0 saturated carbocycles. The van der Waals surface area contributed by atoms with Gasteiger partial charge in [0.15, 0.2) is 0 Å². The van der Waals surface area contributed by atoms with Crippen LogP contribution in [-0.4, -0.2) is 55.6 Å². The number of nitrogens with one attached hydrogen (secondary N) is 1. The van der Waals surface area contributed by atoms with E-state index in [0.717, 1.165) is 42.9 Å². The average molecular weight is 378 g/mol. The molecule has 8 heteroatoms. The van der Waals surface area contributed by atoms with Crippen LogP contribution in [0.5, 0.6) is 0 Å². The number of piperazine rings is 1. The van der Waals surface area contributed by atoms with Crippen LogP contribution in [0.3, 0.4) is 0 Å². The molecule has 1 aliphatic heterocycles. The van der Waals surface area contributed by atoms with E-state index in [1.54, 1.807) is 6.20 Å². The SMILES string of the molecule is CNC1CN(c2ccc(-c3ccc(C(F)(F)F)cc3)cn2)CCN1CC=O. The summed E-state index contributed by atoms with van der Waals surface area (Å²) in [5, 5.41) is 3.20. The fraction of sp³-hybridized carbons (Fsp3) is 0.368. The Morgan fingerprint density at radius 2 is 1.85 bits per heavy atom. The monoisotopic (exact) mass is 378 g/mol. The average Bonchev–Trinajstić information content (AvgIpc) is 2.68. The van der Waals surface area contributed by atoms with Gasteiger partial charge in [-0.15, -0.1) is 0 Å². The van der Waals surface area contributed by atoms with Gasteiger partial charge in [-0.05, 0) is 36.9 Å². The van der Waals surface area contributed by atoms with Gasteiger partial charge in [-0.3, -0.25) is 4.90 Å². The van der Waals surface area contributed by atoms with Crippen LogP contribution in [0, 0.1) is 0 Å². The zero-order valence-corrected chi connectivity index (χ0v) is 14.9. The number of halogens is 3. The number of likely N-dealkylation sites (N-methyl/N-ethyl adjacent to an activating group) is 1. The second-order valence-electron chi connectivity index (χ2n) is 6.39. The van der Waals surface area contributed by atoms with Crippen LogP contribution in [-0.2, 0) is 11.0 Å². The van der Waals surface area contributed by atoms with Crippen LogP contribution in [0.1, 0.15) is 5.56 Å². The van der Waals surface area contributed by atoms with Crippen molar-refractivity contribution < 1.29 is 18.0 Å². The molecule has 1 aromatic carbocycles. The lowest BCUT2D eigenvalue weighted by Crippen LogP contribution is -2.58. The summed E-state index contributed by atoms with van der Waals surface area (Å²) in [7, 11) is 1.85. The summed E-state index contributed by atoms with van der Waals surface area (Å²) >= 11 is 0. The topological polar surface area (TPSA) is 48.5 Å². The van der Waals surface area contributed by atoms with E-state index in [1.165, 1.54) is 12.1 Å². The van der Waals surface area contributed by atoms with Gasteiger partial charge in [0.05, 0.1) is 18.3 Å². The third-order valence-electron chi connectivity index (χ3n) is 4.75. The summed E-state index contributed by atoms with van der Waals surface area (Å²) < 4.78 is 38.0. The Hall–Kier alpha value is -2.45. The van der Waals surface area contributed by atoms with Gasteiger partial charge in [-0.25, -0.2) is 4.98 Å². The number of carbonyl (C=O) groups is 1. The molecule has 2 heterocycles. The predicted octanol–water partition coefficient (Wildman–Crippen LogP) is 2.63. The summed E-state index contributed by atoms with van der Waals surface area (Å²) in [5.41, 5.74) is 0.783. The van der Waals surface area contributed by atoms with E-state index in [1.807, 2.05) is 19.2 Å². The van der Waals surface area contributed by atoms with Crippen molar-refractivity contribution in [2.24, 2.45) is 0 Å². The fourth-order valence-electron chi connectivity index (χ4n) is 3.21. The highest BCUT2D eigenvalue weighted by Crippen LogP contribution is 2.31. The Labute approximate surface area is 155 Å². The molecule has 1 fully saturated rings. The fourth-order valence-corrected chi connectivity index (χ4v) is 3.21. The van der Waals surface area contributed by atoms with Gasteiger partial charge in [0.1, 0.15) is 12.1 Å². The first kappa shape index (κ1) is 19.3. The number of anilines is 1. The maximum Gasteiger partial charge on any atom is 0.416 e. The molecule has 0 bridgehead atoms. The quantitative estimate of drug-likeness (QED) is 0.811. The van der Waals surface area contributed by atoms with E-state index in [4.69, 9.17) is 0 Å². The molecule has 0 amide bonds. The molecule has 144 valence electrons. The van der Waals surface area contributed by atoms with Crippen LogP contribution in [0.2, 0.25) is 0 Å². The molecule has 1 unspecified atom stereocenters. The Kier molecular flexibility index (Phi) is 5.76. The molecular weight excluding hydrogens is 357 g/mol. The van der Waals surface area contributed by atoms with Crippen molar-refractivity contribution in [1.29, 1.82) is 0 Å². The number of pyridine rings is 1. The van der Waals surface area contributed by atoms with Gasteiger partial charge in [-0.2, -0.15) is 13.2 Å². The third-order valence-corrected chi connectivity index (χ3v) is 4.75. The second kappa shape index (κ2) is 8.06. The minimum atomic E-state index is -4.34. The minimum Gasteiger partial charge on any atom is -0.352 e. The lowest BCUT2D eigenvalue weighted by atomic mass is 10.1. The number of benzene rings is 1. The lowest BCUT2D eigenvalue weighted by molar-refractivity contribution is -0.137. The van der Waals surface area contributed by atoms with Crippen LogP contribution >= 0.6 is 0 Å². The highest BCUT2D eigenvalue weighted by Gasteiger charge is 2.30. The standard InChI is InChI=1S/C19H21F3N4O/c1-23-18-13-26(9-8-25(18)10-11-27)17-7-4-15(12-24-17)14-2-5-16(6-3-14)19(20,21)22/h2-7,11-12,18,23H,8-10,13H2,1H3. The molecule has 3 rings (SSSR count). The first-order chi connectivity index (χ1) is 12.9. The van der Waals surface area contributed by atoms with Crippen molar-refractivity contribution in [3.8, 4) is 11.1 Å². The number of aromatic nitrogens is 1. The van der Waals surface area contributed by atoms with Crippen molar-refractivity contribution in [3.63, 3.8) is 0 Å². The molecule has 1 saturated heterocycles. The van der Waals surface area contributed by atoms with Gasteiger partial charge in [0.25, 0.3) is 0 Å². The number of rotatable bonds is 5. The van der Waals surface area contributed by atoms with Gasteiger partial charge in [0, 0.05) is 31.4 Å². The molecular formula is C19H21F3N4O. The predicted molar refractivity (Wildman–Crippen MR) is 97.4 cm³/mol. The van der Waals surface area contributed by atoms with Crippen LogP contribution in [0.15, 0.2) is 42.6 Å². The Morgan fingerprint density at radius 1 is 1.15 bits per heavy atom. The van der Waals surface area contributed by atoms with Crippen molar-refractivity contribution in [1.82, 2.24) is 15.2 Å². The second-order valence-corrected chi connectivity index (χ2v) is 6.39. The molecule has 27 heavy (non-hydrogen) atoms. The number of alkyl halides is 3. The van der Waals surface area contributed by atoms with Gasteiger partial charge in [-0.1, -0.05) is 12.1 Å². The van der Waals surface area contributed by atoms with Crippen LogP contribution in [0.25, 0.3) is 11.1 Å². The number of nitrogens with zero attached hydrogens (tertiary/aromatic N) is 3. The molecule has 0 spiro atoms. The summed E-state index contributed by atoms with van der Waals surface area (Å²) in [6, 6.07) is 8.79. The molecule has 0 aliphatic carbocycles. The van der Waals surface area contributed by atoms with E-state index in [0.29, 0.717) is 18.7 Å². The van der Waals surface area contributed by atoms with Crippen molar-refractivity contribution in [2.75, 3.05) is 38.1 Å². The van der Waals surface area contributed by atoms with Crippen molar-refractivity contribution in [2.45, 2.75) is 12.3 Å². The van der Waals surface area contributed by atoms with Gasteiger partial charge < -0.3 is 15.0 Å². The minimum absolute atomic E-state index is 0.0559. The van der Waals surface area contributed by atoms with E-state index in [2.05, 4.69) is 20.1 Å². The largest absolute Gasteiger partial charge is 0.416 e. The number of hydrogen-bond acceptors (Lipinski definition) is 5. The Balaban J connectivity index is 1.71. The van der Waals surface area contributed by atoms with E-state index in [9.17, 15) is 18.0 Å². The first-order valence-corrected chi connectivity index (χ1v) is 8.66. The van der Waals surface area contributed by atoms with E-state index < -0.39 is 11.7 Å². The third kappa shape index (κ3) is 4.45. The molecule has 1 aromatic heterocycles. The zero-order chi connectivity index (χ0) is 19.4. The number of carbonyl (C=O) groups excluding carboxylic acids is 1. The summed E-state index contributed by atoms with van der Waals surface area (Å²) in [5.74, 6) is 0.802. The summed E-state index contributed by atoms with van der Waals surface area (Å²) in [6.45, 7) is 2.57. The summed E-state index contributed by atoms with van der Waals surface area (Å²) in [6.07, 6.45) is -1.71. The normalized spacial score (nSPS) is 18.5. The Bertz CT molecular complexity index is 762. The maximum atomic E-state index is 12.7.